The van der Waals surface area contributed by atoms with Crippen LogP contribution in [0.5, 0.6) is 0 Å². The van der Waals surface area contributed by atoms with Crippen molar-refractivity contribution in [3.05, 3.63) is 40.9 Å². The smallest absolute Gasteiger partial charge is 0.165 e. The molecule has 2 aliphatic rings. The summed E-state index contributed by atoms with van der Waals surface area (Å²) in [6, 6.07) is -0.179. The maximum Gasteiger partial charge on any atom is 0.165 e. The van der Waals surface area contributed by atoms with Crippen LogP contribution in [0.15, 0.2) is 29.7 Å². The van der Waals surface area contributed by atoms with E-state index in [9.17, 15) is 4.79 Å². The first-order valence-corrected chi connectivity index (χ1v) is 6.87. The third-order valence-electron chi connectivity index (χ3n) is 5.43. The van der Waals surface area contributed by atoms with Crippen molar-refractivity contribution in [2.75, 3.05) is 0 Å². The van der Waals surface area contributed by atoms with Crippen molar-refractivity contribution in [3.63, 3.8) is 0 Å². The van der Waals surface area contributed by atoms with Crippen LogP contribution < -0.4 is 0 Å². The largest absolute Gasteiger partial charge is 0.294 e. The molecule has 1 nitrogen and oxygen atoms in total. The molecular weight excluding hydrogens is 232 g/mol. The number of allylic oxidation sites excluding steroid dienone is 1. The maximum atomic E-state index is 12.9. The zero-order valence-electron chi connectivity index (χ0n) is 16.0. The summed E-state index contributed by atoms with van der Waals surface area (Å²) in [5.41, 5.74) is 0.744. The molecule has 0 radical (unpaired) electrons. The molecule has 2 bridgehead atoms. The van der Waals surface area contributed by atoms with E-state index in [0.29, 0.717) is 11.1 Å². The minimum atomic E-state index is -0.383. The molecule has 2 saturated carbocycles. The van der Waals surface area contributed by atoms with Gasteiger partial charge in [0.05, 0.1) is 5.48 Å². The Hall–Kier alpha value is -1.37. The van der Waals surface area contributed by atoms with E-state index in [-0.39, 0.29) is 52.3 Å². The number of hydrogen-bond acceptors (Lipinski definition) is 1. The monoisotopic (exact) mass is 258 g/mol. The minimum absolute atomic E-state index is 0.0288. The van der Waals surface area contributed by atoms with Gasteiger partial charge < -0.3 is 0 Å². The zero-order chi connectivity index (χ0) is 17.3. The van der Waals surface area contributed by atoms with Gasteiger partial charge >= 0.3 is 0 Å². The van der Waals surface area contributed by atoms with Crippen LogP contribution in [0, 0.1) is 23.7 Å². The van der Waals surface area contributed by atoms with Gasteiger partial charge in [0.25, 0.3) is 0 Å². The van der Waals surface area contributed by atoms with E-state index >= 15 is 0 Å². The van der Waals surface area contributed by atoms with Gasteiger partial charge in [0.1, 0.15) is 0 Å². The molecule has 19 heavy (non-hydrogen) atoms. The van der Waals surface area contributed by atoms with Crippen molar-refractivity contribution < 1.29 is 10.3 Å². The van der Waals surface area contributed by atoms with Crippen molar-refractivity contribution in [1.82, 2.24) is 0 Å². The summed E-state index contributed by atoms with van der Waals surface area (Å²) in [4.78, 5) is 12.9. The molecule has 2 fully saturated rings. The lowest BCUT2D eigenvalue weighted by atomic mass is 9.70. The van der Waals surface area contributed by atoms with E-state index in [0.717, 1.165) is 12.8 Å². The van der Waals surface area contributed by atoms with Crippen molar-refractivity contribution in [2.45, 2.75) is 40.5 Å². The highest BCUT2D eigenvalue weighted by Crippen LogP contribution is 2.65. The Morgan fingerprint density at radius 1 is 1.26 bits per heavy atom. The standard InChI is InChI=1S/C18H22O/c1-12-5-7-13(8-6-12)11-14-15-9-10-18(4,16(14)19)17(15,2)3/h5-8,11,15H,9-10H2,1-4H3/b14-11-/t15-,18+/m0/s1/i5D,6D,7D,8D. The molecule has 0 spiro atoms. The maximum absolute atomic E-state index is 12.9. The van der Waals surface area contributed by atoms with Gasteiger partial charge in [-0.3, -0.25) is 4.79 Å². The third kappa shape index (κ3) is 1.57. The van der Waals surface area contributed by atoms with Crippen LogP contribution >= 0.6 is 0 Å². The Labute approximate surface area is 121 Å². The number of Topliss-reactive ketones (excluding diaryl/α,β-unsaturated/α-hetero) is 1. The summed E-state index contributed by atoms with van der Waals surface area (Å²) < 4.78 is 32.2. The molecule has 1 heteroatoms. The van der Waals surface area contributed by atoms with Gasteiger partial charge in [0.15, 0.2) is 5.78 Å². The van der Waals surface area contributed by atoms with Crippen LogP contribution in [0.1, 0.15) is 50.2 Å². The molecule has 0 saturated heterocycles. The van der Waals surface area contributed by atoms with Crippen LogP contribution in [0.4, 0.5) is 0 Å². The van der Waals surface area contributed by atoms with Crippen LogP contribution in [-0.4, -0.2) is 5.78 Å². The number of benzene rings is 1. The molecule has 0 aromatic heterocycles. The van der Waals surface area contributed by atoms with E-state index in [4.69, 9.17) is 5.48 Å². The zero-order valence-corrected chi connectivity index (χ0v) is 12.0. The highest BCUT2D eigenvalue weighted by atomic mass is 16.1. The molecule has 100 valence electrons. The van der Waals surface area contributed by atoms with Crippen molar-refractivity contribution in [1.29, 1.82) is 0 Å². The second kappa shape index (κ2) is 3.82. The Kier molecular flexibility index (Phi) is 1.75. The Balaban J connectivity index is 2.21. The topological polar surface area (TPSA) is 17.1 Å². The molecule has 0 amide bonds. The molecule has 1 aromatic carbocycles. The van der Waals surface area contributed by atoms with Gasteiger partial charge in [0, 0.05) is 5.41 Å². The van der Waals surface area contributed by atoms with Gasteiger partial charge in [-0.2, -0.15) is 0 Å². The van der Waals surface area contributed by atoms with Gasteiger partial charge in [0.2, 0.25) is 0 Å². The Morgan fingerprint density at radius 3 is 2.42 bits per heavy atom. The number of fused-ring (bicyclic) bond motifs is 2. The summed E-state index contributed by atoms with van der Waals surface area (Å²) in [6.07, 6.45) is 3.44. The lowest BCUT2D eigenvalue weighted by Gasteiger charge is -2.31. The van der Waals surface area contributed by atoms with Crippen LogP contribution in [-0.2, 0) is 4.79 Å². The lowest BCUT2D eigenvalue weighted by molar-refractivity contribution is -0.125. The Morgan fingerprint density at radius 2 is 1.89 bits per heavy atom. The lowest BCUT2D eigenvalue weighted by Crippen LogP contribution is -2.32. The first-order chi connectivity index (χ1) is 10.5. The summed E-state index contributed by atoms with van der Waals surface area (Å²) in [6.45, 7) is 7.84. The van der Waals surface area contributed by atoms with E-state index < -0.39 is 0 Å². The highest BCUT2D eigenvalue weighted by molar-refractivity contribution is 6.07. The van der Waals surface area contributed by atoms with Gasteiger partial charge in [-0.05, 0) is 48.3 Å². The second-order valence-corrected chi connectivity index (χ2v) is 6.61. The fourth-order valence-electron chi connectivity index (χ4n) is 3.71. The predicted octanol–water partition coefficient (Wildman–Crippen LogP) is 4.40. The number of rotatable bonds is 1. The molecular formula is C18H22O. The van der Waals surface area contributed by atoms with Crippen LogP contribution in [0.3, 0.4) is 0 Å². The van der Waals surface area contributed by atoms with Gasteiger partial charge in [-0.15, -0.1) is 0 Å². The van der Waals surface area contributed by atoms with Crippen LogP contribution in [0.2, 0.25) is 0 Å². The van der Waals surface area contributed by atoms with Crippen molar-refractivity contribution >= 4 is 11.9 Å². The normalized spacial score (nSPS) is 37.2. The molecule has 3 rings (SSSR count). The molecule has 0 aliphatic heterocycles. The highest BCUT2D eigenvalue weighted by Gasteiger charge is 2.63. The fraction of sp³-hybridized carbons (Fsp3) is 0.500. The van der Waals surface area contributed by atoms with E-state index in [2.05, 4.69) is 13.8 Å². The van der Waals surface area contributed by atoms with E-state index in [1.54, 1.807) is 13.0 Å². The molecule has 2 atom stereocenters. The molecule has 2 aliphatic carbocycles. The molecule has 0 heterocycles. The number of hydrogen-bond donors (Lipinski definition) is 0. The van der Waals surface area contributed by atoms with Crippen molar-refractivity contribution in [3.8, 4) is 0 Å². The van der Waals surface area contributed by atoms with E-state index in [1.807, 2.05) is 6.92 Å². The first-order valence-electron chi connectivity index (χ1n) is 8.87. The molecule has 0 N–H and O–H groups in total. The van der Waals surface area contributed by atoms with E-state index in [1.165, 1.54) is 0 Å². The summed E-state index contributed by atoms with van der Waals surface area (Å²) in [5, 5.41) is 0. The summed E-state index contributed by atoms with van der Waals surface area (Å²) >= 11 is 0. The SMILES string of the molecule is [2H]c1c([2H])c(/C=C2\C(=O)[C@@]3(C)CC[C@@H]2C3(C)C)c([2H])c([2H])c1C. The minimum Gasteiger partial charge on any atom is -0.294 e. The number of ketones is 1. The summed E-state index contributed by atoms with van der Waals surface area (Å²) in [5.74, 6) is 0.236. The summed E-state index contributed by atoms with van der Waals surface area (Å²) in [7, 11) is 0. The quantitative estimate of drug-likeness (QED) is 0.682. The molecule has 1 aromatic rings. The number of carbonyl (C=O) groups is 1. The molecule has 0 unspecified atom stereocenters. The number of carbonyl (C=O) groups excluding carboxylic acids is 1. The third-order valence-corrected chi connectivity index (χ3v) is 5.43. The average molecular weight is 258 g/mol. The predicted molar refractivity (Wildman–Crippen MR) is 78.8 cm³/mol. The second-order valence-electron chi connectivity index (χ2n) is 6.61. The van der Waals surface area contributed by atoms with Crippen molar-refractivity contribution in [2.24, 2.45) is 16.7 Å². The van der Waals surface area contributed by atoms with Gasteiger partial charge in [-0.25, -0.2) is 0 Å². The van der Waals surface area contributed by atoms with Crippen LogP contribution in [0.25, 0.3) is 6.08 Å². The first kappa shape index (κ1) is 8.73. The average Bonchev–Trinajstić information content (AvgIpc) is 2.81. The Bertz CT molecular complexity index is 734. The fourth-order valence-corrected chi connectivity index (χ4v) is 3.71. The van der Waals surface area contributed by atoms with Gasteiger partial charge in [-0.1, -0.05) is 50.5 Å².